The van der Waals surface area contributed by atoms with Gasteiger partial charge in [0.2, 0.25) is 0 Å². The highest BCUT2D eigenvalue weighted by atomic mass is 16.6. The third-order valence-corrected chi connectivity index (χ3v) is 3.36. The summed E-state index contributed by atoms with van der Waals surface area (Å²) in [5.41, 5.74) is 4.16. The maximum absolute atomic E-state index is 10.9. The van der Waals surface area contributed by atoms with Gasteiger partial charge < -0.3 is 0 Å². The van der Waals surface area contributed by atoms with E-state index in [1.54, 1.807) is 12.1 Å². The summed E-state index contributed by atoms with van der Waals surface area (Å²) in [5, 5.41) is 10.9. The summed E-state index contributed by atoms with van der Waals surface area (Å²) in [7, 11) is 0. The highest BCUT2D eigenvalue weighted by Crippen LogP contribution is 2.28. The fraction of sp³-hybridized carbons (Fsp3) is 0. The zero-order valence-electron chi connectivity index (χ0n) is 11.3. The lowest BCUT2D eigenvalue weighted by Gasteiger charge is -2.06. The minimum absolute atomic E-state index is 0.109. The monoisotopic (exact) mass is 275 g/mol. The fourth-order valence-electron chi connectivity index (χ4n) is 2.31. The van der Waals surface area contributed by atoms with Gasteiger partial charge in [0, 0.05) is 12.1 Å². The Labute approximate surface area is 122 Å². The molecule has 21 heavy (non-hydrogen) atoms. The van der Waals surface area contributed by atoms with E-state index in [9.17, 15) is 10.1 Å². The molecule has 3 aromatic carbocycles. The molecule has 0 atom stereocenters. The molecule has 0 saturated heterocycles. The van der Waals surface area contributed by atoms with Gasteiger partial charge in [0.1, 0.15) is 0 Å². The molecule has 102 valence electrons. The predicted octanol–water partition coefficient (Wildman–Crippen LogP) is 4.93. The van der Waals surface area contributed by atoms with E-state index in [2.05, 4.69) is 0 Å². The van der Waals surface area contributed by atoms with Gasteiger partial charge in [-0.25, -0.2) is 0 Å². The van der Waals surface area contributed by atoms with Gasteiger partial charge in [-0.15, -0.1) is 0 Å². The molecular formula is C18H13NO2. The first-order chi connectivity index (χ1) is 10.2. The SMILES string of the molecule is O=[N+]([O-])c1cccc(-c2cccc(-c3ccccc3)c2)c1. The van der Waals surface area contributed by atoms with Gasteiger partial charge >= 0.3 is 0 Å². The Morgan fingerprint density at radius 3 is 1.81 bits per heavy atom. The van der Waals surface area contributed by atoms with Crippen molar-refractivity contribution in [1.82, 2.24) is 0 Å². The molecule has 0 unspecified atom stereocenters. The van der Waals surface area contributed by atoms with Gasteiger partial charge in [0.15, 0.2) is 0 Å². The second-order valence-corrected chi connectivity index (χ2v) is 4.75. The van der Waals surface area contributed by atoms with E-state index in [0.717, 1.165) is 22.3 Å². The fourth-order valence-corrected chi connectivity index (χ4v) is 2.31. The van der Waals surface area contributed by atoms with Crippen LogP contribution in [0.3, 0.4) is 0 Å². The highest BCUT2D eigenvalue weighted by molar-refractivity contribution is 5.73. The second kappa shape index (κ2) is 5.59. The first kappa shape index (κ1) is 13.1. The first-order valence-electron chi connectivity index (χ1n) is 6.64. The van der Waals surface area contributed by atoms with Crippen molar-refractivity contribution in [1.29, 1.82) is 0 Å². The lowest BCUT2D eigenvalue weighted by molar-refractivity contribution is -0.384. The maximum Gasteiger partial charge on any atom is 0.270 e. The van der Waals surface area contributed by atoms with Gasteiger partial charge in [0.05, 0.1) is 4.92 Å². The quantitative estimate of drug-likeness (QED) is 0.502. The van der Waals surface area contributed by atoms with Crippen LogP contribution < -0.4 is 0 Å². The number of hydrogen-bond acceptors (Lipinski definition) is 2. The molecule has 0 aliphatic heterocycles. The van der Waals surface area contributed by atoms with Crippen molar-refractivity contribution in [3.8, 4) is 22.3 Å². The lowest BCUT2D eigenvalue weighted by Crippen LogP contribution is -1.88. The van der Waals surface area contributed by atoms with E-state index in [-0.39, 0.29) is 10.6 Å². The molecule has 3 aromatic rings. The molecule has 0 saturated carbocycles. The van der Waals surface area contributed by atoms with E-state index < -0.39 is 0 Å². The van der Waals surface area contributed by atoms with Crippen LogP contribution in [0.2, 0.25) is 0 Å². The van der Waals surface area contributed by atoms with Crippen molar-refractivity contribution in [2.75, 3.05) is 0 Å². The molecule has 0 heterocycles. The smallest absolute Gasteiger partial charge is 0.258 e. The van der Waals surface area contributed by atoms with Crippen LogP contribution in [0.15, 0.2) is 78.9 Å². The second-order valence-electron chi connectivity index (χ2n) is 4.75. The van der Waals surface area contributed by atoms with Crippen LogP contribution in [0.5, 0.6) is 0 Å². The Balaban J connectivity index is 2.04. The van der Waals surface area contributed by atoms with Crippen LogP contribution in [-0.2, 0) is 0 Å². The van der Waals surface area contributed by atoms with Gasteiger partial charge in [-0.1, -0.05) is 60.7 Å². The number of nitrogens with zero attached hydrogens (tertiary/aromatic N) is 1. The summed E-state index contributed by atoms with van der Waals surface area (Å²) < 4.78 is 0. The summed E-state index contributed by atoms with van der Waals surface area (Å²) in [6.07, 6.45) is 0. The summed E-state index contributed by atoms with van der Waals surface area (Å²) in [5.74, 6) is 0. The van der Waals surface area contributed by atoms with E-state index >= 15 is 0 Å². The molecule has 3 nitrogen and oxygen atoms in total. The van der Waals surface area contributed by atoms with Crippen LogP contribution in [0.25, 0.3) is 22.3 Å². The minimum Gasteiger partial charge on any atom is -0.258 e. The Kier molecular flexibility index (Phi) is 3.48. The van der Waals surface area contributed by atoms with Gasteiger partial charge in [-0.05, 0) is 28.3 Å². The van der Waals surface area contributed by atoms with Gasteiger partial charge in [-0.2, -0.15) is 0 Å². The van der Waals surface area contributed by atoms with Crippen molar-refractivity contribution < 1.29 is 4.92 Å². The molecule has 0 aromatic heterocycles. The Hall–Kier alpha value is -2.94. The zero-order chi connectivity index (χ0) is 14.7. The number of benzene rings is 3. The van der Waals surface area contributed by atoms with E-state index in [1.165, 1.54) is 6.07 Å². The molecule has 3 heteroatoms. The topological polar surface area (TPSA) is 43.1 Å². The number of nitro groups is 1. The van der Waals surface area contributed by atoms with Crippen molar-refractivity contribution in [3.63, 3.8) is 0 Å². The molecule has 0 amide bonds. The molecule has 3 rings (SSSR count). The van der Waals surface area contributed by atoms with E-state index in [4.69, 9.17) is 0 Å². The molecule has 0 fully saturated rings. The van der Waals surface area contributed by atoms with Crippen molar-refractivity contribution in [3.05, 3.63) is 89.0 Å². The largest absolute Gasteiger partial charge is 0.270 e. The summed E-state index contributed by atoms with van der Waals surface area (Å²) in [6.45, 7) is 0. The average Bonchev–Trinajstić information content (AvgIpc) is 2.56. The molecule has 0 spiro atoms. The summed E-state index contributed by atoms with van der Waals surface area (Å²) in [6, 6.07) is 24.8. The maximum atomic E-state index is 10.9. The van der Waals surface area contributed by atoms with Crippen molar-refractivity contribution in [2.24, 2.45) is 0 Å². The zero-order valence-corrected chi connectivity index (χ0v) is 11.3. The van der Waals surface area contributed by atoms with E-state index in [1.807, 2.05) is 60.7 Å². The van der Waals surface area contributed by atoms with Crippen LogP contribution in [0, 0.1) is 10.1 Å². The lowest BCUT2D eigenvalue weighted by atomic mass is 9.99. The normalized spacial score (nSPS) is 10.3. The highest BCUT2D eigenvalue weighted by Gasteiger charge is 2.07. The molecular weight excluding hydrogens is 262 g/mol. The van der Waals surface area contributed by atoms with Gasteiger partial charge in [-0.3, -0.25) is 10.1 Å². The Bertz CT molecular complexity index is 782. The van der Waals surface area contributed by atoms with Crippen molar-refractivity contribution in [2.45, 2.75) is 0 Å². The van der Waals surface area contributed by atoms with Crippen molar-refractivity contribution >= 4 is 5.69 Å². The molecule has 0 bridgehead atoms. The predicted molar refractivity (Wildman–Crippen MR) is 84.0 cm³/mol. The Morgan fingerprint density at radius 1 is 0.619 bits per heavy atom. The molecule has 0 N–H and O–H groups in total. The summed E-state index contributed by atoms with van der Waals surface area (Å²) in [4.78, 5) is 10.5. The number of non-ortho nitro benzene ring substituents is 1. The van der Waals surface area contributed by atoms with E-state index in [0.29, 0.717) is 0 Å². The van der Waals surface area contributed by atoms with Crippen LogP contribution >= 0.6 is 0 Å². The third kappa shape index (κ3) is 2.82. The molecule has 0 aliphatic carbocycles. The minimum atomic E-state index is -0.370. The first-order valence-corrected chi connectivity index (χ1v) is 6.64. The average molecular weight is 275 g/mol. The van der Waals surface area contributed by atoms with Crippen LogP contribution in [0.1, 0.15) is 0 Å². The van der Waals surface area contributed by atoms with Crippen LogP contribution in [-0.4, -0.2) is 4.92 Å². The number of rotatable bonds is 3. The Morgan fingerprint density at radius 2 is 1.14 bits per heavy atom. The van der Waals surface area contributed by atoms with Crippen LogP contribution in [0.4, 0.5) is 5.69 Å². The van der Waals surface area contributed by atoms with Gasteiger partial charge in [0.25, 0.3) is 5.69 Å². The number of hydrogen-bond donors (Lipinski definition) is 0. The molecule has 0 radical (unpaired) electrons. The number of nitro benzene ring substituents is 1. The third-order valence-electron chi connectivity index (χ3n) is 3.36. The molecule has 0 aliphatic rings. The summed E-state index contributed by atoms with van der Waals surface area (Å²) >= 11 is 0. The standard InChI is InChI=1S/C18H13NO2/c20-19(21)18-11-5-10-17(13-18)16-9-4-8-15(12-16)14-6-2-1-3-7-14/h1-13H.